The molecule has 0 radical (unpaired) electrons. The van der Waals surface area contributed by atoms with E-state index in [1.165, 1.54) is 20.9 Å². The van der Waals surface area contributed by atoms with Crippen LogP contribution >= 0.6 is 0 Å². The van der Waals surface area contributed by atoms with E-state index in [1.54, 1.807) is 6.92 Å². The molecule has 2 unspecified atom stereocenters. The molecule has 0 aliphatic rings. The molecule has 2 N–H and O–H groups in total. The lowest BCUT2D eigenvalue weighted by Gasteiger charge is -2.21. The van der Waals surface area contributed by atoms with E-state index in [2.05, 4.69) is 5.32 Å². The molecule has 5 heteroatoms. The van der Waals surface area contributed by atoms with Gasteiger partial charge in [-0.2, -0.15) is 0 Å². The Labute approximate surface area is 83.4 Å². The molecule has 82 valence electrons. The fourth-order valence-corrected chi connectivity index (χ4v) is 0.689. The first kappa shape index (κ1) is 12.9. The highest BCUT2D eigenvalue weighted by Crippen LogP contribution is 2.11. The predicted octanol–water partition coefficient (Wildman–Crippen LogP) is -0.175. The number of rotatable bonds is 4. The van der Waals surface area contributed by atoms with Gasteiger partial charge in [-0.05, 0) is 20.3 Å². The van der Waals surface area contributed by atoms with Gasteiger partial charge >= 0.3 is 5.97 Å². The minimum absolute atomic E-state index is 0.242. The van der Waals surface area contributed by atoms with E-state index in [-0.39, 0.29) is 6.42 Å². The van der Waals surface area contributed by atoms with Gasteiger partial charge in [-0.25, -0.2) is 4.79 Å². The molecule has 0 bridgehead atoms. The molecule has 0 aromatic rings. The third-order valence-corrected chi connectivity index (χ3v) is 2.03. The van der Waals surface area contributed by atoms with E-state index in [1.807, 2.05) is 0 Å². The van der Waals surface area contributed by atoms with Crippen molar-refractivity contribution in [2.45, 2.75) is 38.9 Å². The number of aliphatic hydroxyl groups is 1. The first-order valence-electron chi connectivity index (χ1n) is 4.50. The van der Waals surface area contributed by atoms with Crippen molar-refractivity contribution in [3.05, 3.63) is 0 Å². The van der Waals surface area contributed by atoms with Crippen LogP contribution in [0.4, 0.5) is 0 Å². The minimum atomic E-state index is -1.53. The molecule has 0 fully saturated rings. The molecule has 1 amide bonds. The van der Waals surface area contributed by atoms with Gasteiger partial charge in [-0.1, -0.05) is 6.92 Å². The van der Waals surface area contributed by atoms with E-state index >= 15 is 0 Å². The second-order valence-electron chi connectivity index (χ2n) is 3.29. The van der Waals surface area contributed by atoms with Crippen molar-refractivity contribution in [1.29, 1.82) is 0 Å². The number of esters is 1. The quantitative estimate of drug-likeness (QED) is 0.622. The molecule has 0 rings (SSSR count). The Hall–Kier alpha value is -1.10. The molecule has 2 atom stereocenters. The van der Waals surface area contributed by atoms with Crippen molar-refractivity contribution in [2.75, 3.05) is 7.05 Å². The van der Waals surface area contributed by atoms with Gasteiger partial charge in [0.25, 0.3) is 5.91 Å². The summed E-state index contributed by atoms with van der Waals surface area (Å²) >= 11 is 0. The molecule has 0 saturated carbocycles. The van der Waals surface area contributed by atoms with Crippen molar-refractivity contribution >= 4 is 11.9 Å². The van der Waals surface area contributed by atoms with Gasteiger partial charge in [-0.3, -0.25) is 4.79 Å². The fourth-order valence-electron chi connectivity index (χ4n) is 0.689. The largest absolute Gasteiger partial charge is 0.450 e. The Balaban J connectivity index is 4.26. The summed E-state index contributed by atoms with van der Waals surface area (Å²) in [4.78, 5) is 22.3. The first-order valence-corrected chi connectivity index (χ1v) is 4.50. The number of ether oxygens (including phenoxy) is 1. The van der Waals surface area contributed by atoms with Gasteiger partial charge in [-0.15, -0.1) is 0 Å². The van der Waals surface area contributed by atoms with Crippen LogP contribution < -0.4 is 5.32 Å². The standard InChI is InChI=1S/C9H17NO4/c1-5-9(3,13)8(12)14-6(2)7(11)10-4/h6,13H,5H2,1-4H3,(H,10,11). The molecule has 0 aliphatic heterocycles. The lowest BCUT2D eigenvalue weighted by atomic mass is 10.0. The van der Waals surface area contributed by atoms with E-state index < -0.39 is 23.6 Å². The maximum absolute atomic E-state index is 11.3. The molecule has 0 saturated heterocycles. The van der Waals surface area contributed by atoms with Gasteiger partial charge in [0, 0.05) is 7.05 Å². The molecule has 0 heterocycles. The van der Waals surface area contributed by atoms with Gasteiger partial charge in [0.15, 0.2) is 11.7 Å². The van der Waals surface area contributed by atoms with E-state index in [4.69, 9.17) is 4.74 Å². The number of amides is 1. The average Bonchev–Trinajstić information content (AvgIpc) is 2.16. The molecule has 5 nitrogen and oxygen atoms in total. The summed E-state index contributed by atoms with van der Waals surface area (Å²) in [6.07, 6.45) is -0.641. The highest BCUT2D eigenvalue weighted by atomic mass is 16.6. The van der Waals surface area contributed by atoms with Crippen molar-refractivity contribution in [2.24, 2.45) is 0 Å². The summed E-state index contributed by atoms with van der Waals surface area (Å²) in [5.74, 6) is -1.18. The number of hydrogen-bond acceptors (Lipinski definition) is 4. The predicted molar refractivity (Wildman–Crippen MR) is 50.5 cm³/mol. The van der Waals surface area contributed by atoms with Crippen molar-refractivity contribution in [3.63, 3.8) is 0 Å². The Morgan fingerprint density at radius 3 is 2.43 bits per heavy atom. The Kier molecular flexibility index (Phi) is 4.56. The monoisotopic (exact) mass is 203 g/mol. The number of hydrogen-bond donors (Lipinski definition) is 2. The second kappa shape index (κ2) is 4.95. The number of carbonyl (C=O) groups excluding carboxylic acids is 2. The molecular weight excluding hydrogens is 186 g/mol. The zero-order chi connectivity index (χ0) is 11.4. The van der Waals surface area contributed by atoms with Crippen LogP contribution in [-0.2, 0) is 14.3 Å². The normalized spacial score (nSPS) is 16.6. The molecule has 0 aliphatic carbocycles. The third kappa shape index (κ3) is 3.33. The van der Waals surface area contributed by atoms with Crippen LogP contribution in [0.1, 0.15) is 27.2 Å². The Bertz CT molecular complexity index is 225. The van der Waals surface area contributed by atoms with Crippen LogP contribution in [0.5, 0.6) is 0 Å². The molecule has 0 aromatic carbocycles. The number of carbonyl (C=O) groups is 2. The number of likely N-dealkylation sites (N-methyl/N-ethyl adjacent to an activating group) is 1. The van der Waals surface area contributed by atoms with Crippen molar-refractivity contribution < 1.29 is 19.4 Å². The average molecular weight is 203 g/mol. The van der Waals surface area contributed by atoms with Crippen LogP contribution in [0.25, 0.3) is 0 Å². The summed E-state index contributed by atoms with van der Waals surface area (Å²) < 4.78 is 4.76. The first-order chi connectivity index (χ1) is 6.35. The summed E-state index contributed by atoms with van der Waals surface area (Å²) in [6.45, 7) is 4.46. The van der Waals surface area contributed by atoms with E-state index in [0.717, 1.165) is 0 Å². The van der Waals surface area contributed by atoms with Crippen LogP contribution in [0.3, 0.4) is 0 Å². The van der Waals surface area contributed by atoms with Gasteiger partial charge in [0.2, 0.25) is 0 Å². The second-order valence-corrected chi connectivity index (χ2v) is 3.29. The SMILES string of the molecule is CCC(C)(O)C(=O)OC(C)C(=O)NC. The topological polar surface area (TPSA) is 75.6 Å². The smallest absolute Gasteiger partial charge is 0.338 e. The zero-order valence-electron chi connectivity index (χ0n) is 8.96. The molecule has 14 heavy (non-hydrogen) atoms. The molecule has 0 spiro atoms. The highest BCUT2D eigenvalue weighted by molar-refractivity contribution is 5.85. The maximum atomic E-state index is 11.3. The highest BCUT2D eigenvalue weighted by Gasteiger charge is 2.32. The summed E-state index contributed by atoms with van der Waals surface area (Å²) in [5.41, 5.74) is -1.53. The van der Waals surface area contributed by atoms with Crippen LogP contribution in [0.15, 0.2) is 0 Å². The number of nitrogens with one attached hydrogen (secondary N) is 1. The van der Waals surface area contributed by atoms with Gasteiger partial charge in [0.1, 0.15) is 0 Å². The lowest BCUT2D eigenvalue weighted by Crippen LogP contribution is -2.41. The minimum Gasteiger partial charge on any atom is -0.450 e. The molecular formula is C9H17NO4. The fraction of sp³-hybridized carbons (Fsp3) is 0.778. The van der Waals surface area contributed by atoms with E-state index in [0.29, 0.717) is 0 Å². The third-order valence-electron chi connectivity index (χ3n) is 2.03. The summed E-state index contributed by atoms with van der Waals surface area (Å²) in [6, 6.07) is 0. The van der Waals surface area contributed by atoms with Gasteiger partial charge < -0.3 is 15.2 Å². The van der Waals surface area contributed by atoms with Crippen LogP contribution in [0, 0.1) is 0 Å². The Morgan fingerprint density at radius 1 is 1.57 bits per heavy atom. The van der Waals surface area contributed by atoms with E-state index in [9.17, 15) is 14.7 Å². The summed E-state index contributed by atoms with van der Waals surface area (Å²) in [5, 5.41) is 11.8. The maximum Gasteiger partial charge on any atom is 0.338 e. The van der Waals surface area contributed by atoms with Crippen molar-refractivity contribution in [1.82, 2.24) is 5.32 Å². The van der Waals surface area contributed by atoms with Crippen LogP contribution in [-0.4, -0.2) is 35.7 Å². The summed E-state index contributed by atoms with van der Waals surface area (Å²) in [7, 11) is 1.45. The van der Waals surface area contributed by atoms with Crippen LogP contribution in [0.2, 0.25) is 0 Å². The Morgan fingerprint density at radius 2 is 2.07 bits per heavy atom. The molecule has 0 aromatic heterocycles. The van der Waals surface area contributed by atoms with Gasteiger partial charge in [0.05, 0.1) is 0 Å². The lowest BCUT2D eigenvalue weighted by molar-refractivity contribution is -0.171. The zero-order valence-corrected chi connectivity index (χ0v) is 8.96. The van der Waals surface area contributed by atoms with Crippen molar-refractivity contribution in [3.8, 4) is 0 Å².